The van der Waals surface area contributed by atoms with Crippen LogP contribution in [0.3, 0.4) is 0 Å². The summed E-state index contributed by atoms with van der Waals surface area (Å²) in [4.78, 5) is 39.4. The number of aromatic nitrogens is 2. The molecule has 5 rings (SSSR count). The molecule has 2 aliphatic heterocycles. The Hall–Kier alpha value is -5.35. The highest BCUT2D eigenvalue weighted by molar-refractivity contribution is 6.16. The highest BCUT2D eigenvalue weighted by Gasteiger charge is 2.33. The number of anilines is 2. The fourth-order valence-corrected chi connectivity index (χ4v) is 6.10. The Morgan fingerprint density at radius 2 is 1.81 bits per heavy atom. The zero-order valence-corrected chi connectivity index (χ0v) is 27.4. The van der Waals surface area contributed by atoms with Gasteiger partial charge in [-0.3, -0.25) is 19.9 Å². The molecule has 4 N–H and O–H groups in total. The number of ether oxygens (including phenoxy) is 1. The van der Waals surface area contributed by atoms with Gasteiger partial charge in [0.15, 0.2) is 0 Å². The van der Waals surface area contributed by atoms with Crippen LogP contribution in [-0.4, -0.2) is 93.0 Å². The van der Waals surface area contributed by atoms with Gasteiger partial charge in [-0.25, -0.2) is 14.4 Å². The molecule has 3 aromatic rings. The zero-order valence-electron chi connectivity index (χ0n) is 27.4. The van der Waals surface area contributed by atoms with Crippen LogP contribution in [-0.2, 0) is 9.59 Å². The van der Waals surface area contributed by atoms with Gasteiger partial charge < -0.3 is 25.6 Å². The average Bonchev–Trinajstić information content (AvgIpc) is 3.07. The van der Waals surface area contributed by atoms with Gasteiger partial charge in [-0.05, 0) is 57.0 Å². The van der Waals surface area contributed by atoms with Gasteiger partial charge in [0, 0.05) is 69.4 Å². The van der Waals surface area contributed by atoms with Crippen LogP contribution in [0.25, 0.3) is 0 Å². The average molecular weight is 654 g/mol. The molecule has 0 bridgehead atoms. The van der Waals surface area contributed by atoms with Gasteiger partial charge in [0.05, 0.1) is 11.3 Å². The molecular formula is C35H40FN9O3. The molecule has 1 unspecified atom stereocenters. The molecule has 2 saturated heterocycles. The Kier molecular flexibility index (Phi) is 10.3. The minimum absolute atomic E-state index is 0.00506. The minimum atomic E-state index is -0.670. The molecule has 12 nitrogen and oxygen atoms in total. The van der Waals surface area contributed by atoms with E-state index < -0.39 is 11.4 Å². The van der Waals surface area contributed by atoms with Crippen molar-refractivity contribution >= 4 is 29.2 Å². The molecule has 3 heterocycles. The quantitative estimate of drug-likeness (QED) is 0.174. The van der Waals surface area contributed by atoms with Crippen molar-refractivity contribution in [3.8, 4) is 17.6 Å². The van der Waals surface area contributed by atoms with Crippen LogP contribution in [0.5, 0.6) is 11.5 Å². The first-order chi connectivity index (χ1) is 23.0. The Morgan fingerprint density at radius 3 is 2.48 bits per heavy atom. The van der Waals surface area contributed by atoms with Crippen molar-refractivity contribution in [1.29, 1.82) is 10.7 Å². The molecule has 2 aromatic carbocycles. The standard InChI is InChI=1S/C35H40FN9O3/c1-23(46)43-14-16-45(17-15-43)35(2,3)19-24(20-37)34(47)44-13-7-8-25(21-44)42-33-30(32(39)40-22-41-33)31(38)28-12-11-27(18-29(28)36)48-26-9-5-4-6-10-26/h4-6,9-12,18-19,22,25,38H,7-8,13-17,21H2,1-3H3,(H3,39,40,41,42)/b24-19+,38-31?. The maximum absolute atomic E-state index is 15.3. The number of rotatable bonds is 9. The number of nitriles is 1. The van der Waals surface area contributed by atoms with Gasteiger partial charge in [0.2, 0.25) is 5.91 Å². The van der Waals surface area contributed by atoms with Crippen molar-refractivity contribution < 1.29 is 18.7 Å². The summed E-state index contributed by atoms with van der Waals surface area (Å²) in [6, 6.07) is 15.1. The number of piperazine rings is 1. The Morgan fingerprint density at radius 1 is 1.08 bits per heavy atom. The van der Waals surface area contributed by atoms with Crippen molar-refractivity contribution in [2.24, 2.45) is 0 Å². The lowest BCUT2D eigenvalue weighted by molar-refractivity contribution is -0.131. The number of piperidine rings is 1. The number of para-hydroxylation sites is 1. The third-order valence-electron chi connectivity index (χ3n) is 8.75. The SMILES string of the molecule is CC(=O)N1CCN(C(C)(C)/C=C(\C#N)C(=O)N2CCCC(Nc3ncnc(N)c3C(=N)c3ccc(Oc4ccccc4)cc3F)C2)CC1. The van der Waals surface area contributed by atoms with Crippen LogP contribution >= 0.6 is 0 Å². The molecule has 2 amide bonds. The molecule has 0 saturated carbocycles. The van der Waals surface area contributed by atoms with Crippen molar-refractivity contribution in [3.63, 3.8) is 0 Å². The number of nitrogens with two attached hydrogens (primary N) is 1. The van der Waals surface area contributed by atoms with E-state index in [2.05, 4.69) is 26.3 Å². The number of carbonyl (C=O) groups is 2. The molecule has 1 aromatic heterocycles. The number of hydrogen-bond acceptors (Lipinski definition) is 10. The smallest absolute Gasteiger partial charge is 0.264 e. The number of carbonyl (C=O) groups excluding carboxylic acids is 2. The second-order valence-corrected chi connectivity index (χ2v) is 12.5. The number of nitrogens with zero attached hydrogens (tertiary/aromatic N) is 6. The Balaban J connectivity index is 1.29. The predicted octanol–water partition coefficient (Wildman–Crippen LogP) is 4.20. The van der Waals surface area contributed by atoms with E-state index >= 15 is 4.39 Å². The Bertz CT molecular complexity index is 1750. The van der Waals surface area contributed by atoms with Gasteiger partial charge in [0.25, 0.3) is 5.91 Å². The first kappa shape index (κ1) is 34.0. The van der Waals surface area contributed by atoms with E-state index in [0.717, 1.165) is 0 Å². The highest BCUT2D eigenvalue weighted by atomic mass is 19.1. The topological polar surface area (TPSA) is 165 Å². The van der Waals surface area contributed by atoms with Crippen LogP contribution in [0, 0.1) is 22.6 Å². The number of likely N-dealkylation sites (tertiary alicyclic amines) is 1. The molecule has 250 valence electrons. The summed E-state index contributed by atoms with van der Waals surface area (Å²) in [5.74, 6) is 0.0862. The van der Waals surface area contributed by atoms with Gasteiger partial charge in [-0.15, -0.1) is 0 Å². The molecule has 1 atom stereocenters. The highest BCUT2D eigenvalue weighted by Crippen LogP contribution is 2.29. The van der Waals surface area contributed by atoms with Crippen molar-refractivity contribution in [2.45, 2.75) is 45.2 Å². The molecule has 0 aliphatic carbocycles. The molecule has 0 spiro atoms. The van der Waals surface area contributed by atoms with Gasteiger partial charge in [0.1, 0.15) is 46.9 Å². The van der Waals surface area contributed by atoms with Crippen LogP contribution in [0.15, 0.2) is 66.5 Å². The second kappa shape index (κ2) is 14.6. The maximum atomic E-state index is 15.3. The zero-order chi connectivity index (χ0) is 34.4. The van der Waals surface area contributed by atoms with E-state index in [1.165, 1.54) is 18.5 Å². The maximum Gasteiger partial charge on any atom is 0.264 e. The summed E-state index contributed by atoms with van der Waals surface area (Å²) in [5.41, 5.74) is 5.62. The first-order valence-corrected chi connectivity index (χ1v) is 15.9. The molecular weight excluding hydrogens is 613 g/mol. The monoisotopic (exact) mass is 653 g/mol. The van der Waals surface area contributed by atoms with Gasteiger partial charge in [-0.1, -0.05) is 18.2 Å². The normalized spacial score (nSPS) is 17.4. The number of halogens is 1. The summed E-state index contributed by atoms with van der Waals surface area (Å²) >= 11 is 0. The lowest BCUT2D eigenvalue weighted by Crippen LogP contribution is -2.55. The van der Waals surface area contributed by atoms with Crippen LogP contribution in [0.4, 0.5) is 16.0 Å². The third-order valence-corrected chi connectivity index (χ3v) is 8.75. The summed E-state index contributed by atoms with van der Waals surface area (Å²) in [5, 5.41) is 22.2. The van der Waals surface area contributed by atoms with Crippen molar-refractivity contribution in [2.75, 3.05) is 50.3 Å². The molecule has 2 aliphatic rings. The number of nitrogens with one attached hydrogen (secondary N) is 2. The summed E-state index contributed by atoms with van der Waals surface area (Å²) in [6.45, 7) is 8.71. The van der Waals surface area contributed by atoms with E-state index in [1.54, 1.807) is 41.0 Å². The van der Waals surface area contributed by atoms with E-state index in [9.17, 15) is 14.9 Å². The van der Waals surface area contributed by atoms with Crippen LogP contribution in [0.1, 0.15) is 44.7 Å². The summed E-state index contributed by atoms with van der Waals surface area (Å²) in [6.07, 6.45) is 4.34. The lowest BCUT2D eigenvalue weighted by Gasteiger charge is -2.42. The third kappa shape index (κ3) is 7.78. The van der Waals surface area contributed by atoms with Crippen molar-refractivity contribution in [1.82, 2.24) is 24.7 Å². The predicted molar refractivity (Wildman–Crippen MR) is 180 cm³/mol. The number of hydrogen-bond donors (Lipinski definition) is 3. The largest absolute Gasteiger partial charge is 0.457 e. The van der Waals surface area contributed by atoms with Crippen LogP contribution < -0.4 is 15.8 Å². The molecule has 0 radical (unpaired) electrons. The molecule has 13 heteroatoms. The van der Waals surface area contributed by atoms with E-state index in [1.807, 2.05) is 32.0 Å². The minimum Gasteiger partial charge on any atom is -0.457 e. The molecule has 48 heavy (non-hydrogen) atoms. The summed E-state index contributed by atoms with van der Waals surface area (Å²) in [7, 11) is 0. The van der Waals surface area contributed by atoms with Gasteiger partial charge in [-0.2, -0.15) is 5.26 Å². The summed E-state index contributed by atoms with van der Waals surface area (Å²) < 4.78 is 21.1. The first-order valence-electron chi connectivity index (χ1n) is 15.9. The molecule has 2 fully saturated rings. The van der Waals surface area contributed by atoms with E-state index in [4.69, 9.17) is 15.9 Å². The fraction of sp³-hybridized carbons (Fsp3) is 0.371. The Labute approximate surface area is 279 Å². The van der Waals surface area contributed by atoms with Gasteiger partial charge >= 0.3 is 0 Å². The van der Waals surface area contributed by atoms with E-state index in [-0.39, 0.29) is 64.2 Å². The number of nitrogen functional groups attached to an aromatic ring is 1. The lowest BCUT2D eigenvalue weighted by atomic mass is 9.96. The number of amides is 2. The van der Waals surface area contributed by atoms with Crippen LogP contribution in [0.2, 0.25) is 0 Å². The van der Waals surface area contributed by atoms with Crippen molar-refractivity contribution in [3.05, 3.63) is 83.5 Å². The fourth-order valence-electron chi connectivity index (χ4n) is 6.10. The second-order valence-electron chi connectivity index (χ2n) is 12.5. The van der Waals surface area contributed by atoms with E-state index in [0.29, 0.717) is 51.3 Å². The number of benzene rings is 2.